The zero-order chi connectivity index (χ0) is 16.5. The lowest BCUT2D eigenvalue weighted by atomic mass is 10.1. The van der Waals surface area contributed by atoms with E-state index >= 15 is 0 Å². The molecular weight excluding hydrogens is 294 g/mol. The molecule has 1 fully saturated rings. The fraction of sp³-hybridized carbons (Fsp3) is 0.611. The molecule has 0 bridgehead atoms. The molecule has 1 aliphatic heterocycles. The molecule has 1 aromatic carbocycles. The Kier molecular flexibility index (Phi) is 7.36. The van der Waals surface area contributed by atoms with Gasteiger partial charge in [-0.05, 0) is 37.0 Å². The number of piperidine rings is 1. The maximum Gasteiger partial charge on any atom is 0.222 e. The first-order valence-corrected chi connectivity index (χ1v) is 8.24. The summed E-state index contributed by atoms with van der Waals surface area (Å²) in [5.74, 6) is 1.08. The van der Waals surface area contributed by atoms with Gasteiger partial charge in [0.2, 0.25) is 5.91 Å². The SMILES string of the molecule is COCCOC1CCN(C(=O)CCc2ccc(OC)cc2)CC1. The smallest absolute Gasteiger partial charge is 0.222 e. The molecule has 5 heteroatoms. The second-order valence-corrected chi connectivity index (χ2v) is 5.79. The molecule has 0 atom stereocenters. The van der Waals surface area contributed by atoms with Crippen LogP contribution in [0.15, 0.2) is 24.3 Å². The number of nitrogens with zero attached hydrogens (tertiary/aromatic N) is 1. The van der Waals surface area contributed by atoms with Gasteiger partial charge in [0.15, 0.2) is 0 Å². The zero-order valence-corrected chi connectivity index (χ0v) is 14.1. The van der Waals surface area contributed by atoms with Crippen molar-refractivity contribution in [2.24, 2.45) is 0 Å². The molecule has 0 N–H and O–H groups in total. The highest BCUT2D eigenvalue weighted by Gasteiger charge is 2.22. The van der Waals surface area contributed by atoms with Crippen molar-refractivity contribution in [3.05, 3.63) is 29.8 Å². The third-order valence-corrected chi connectivity index (χ3v) is 4.22. The number of hydrogen-bond acceptors (Lipinski definition) is 4. The zero-order valence-electron chi connectivity index (χ0n) is 14.1. The minimum Gasteiger partial charge on any atom is -0.497 e. The maximum absolute atomic E-state index is 12.3. The average Bonchev–Trinajstić information content (AvgIpc) is 2.61. The molecule has 0 unspecified atom stereocenters. The van der Waals surface area contributed by atoms with Crippen LogP contribution in [0, 0.1) is 0 Å². The van der Waals surface area contributed by atoms with Crippen LogP contribution < -0.4 is 4.74 Å². The van der Waals surface area contributed by atoms with Crippen LogP contribution in [-0.2, 0) is 20.7 Å². The third-order valence-electron chi connectivity index (χ3n) is 4.22. The highest BCUT2D eigenvalue weighted by molar-refractivity contribution is 5.76. The number of rotatable bonds is 8. The van der Waals surface area contributed by atoms with Gasteiger partial charge in [-0.2, -0.15) is 0 Å². The first-order chi connectivity index (χ1) is 11.2. The van der Waals surface area contributed by atoms with Crippen LogP contribution in [0.2, 0.25) is 0 Å². The van der Waals surface area contributed by atoms with Gasteiger partial charge in [-0.3, -0.25) is 4.79 Å². The Morgan fingerprint density at radius 3 is 2.43 bits per heavy atom. The predicted molar refractivity (Wildman–Crippen MR) is 88.7 cm³/mol. The van der Waals surface area contributed by atoms with Gasteiger partial charge in [-0.25, -0.2) is 0 Å². The molecule has 1 amide bonds. The number of amides is 1. The van der Waals surface area contributed by atoms with Crippen LogP contribution in [-0.4, -0.2) is 57.4 Å². The number of hydrogen-bond donors (Lipinski definition) is 0. The Morgan fingerprint density at radius 2 is 1.83 bits per heavy atom. The van der Waals surface area contributed by atoms with Crippen molar-refractivity contribution in [1.29, 1.82) is 0 Å². The second kappa shape index (κ2) is 9.53. The number of ether oxygens (including phenoxy) is 3. The fourth-order valence-electron chi connectivity index (χ4n) is 2.77. The Bertz CT molecular complexity index is 466. The van der Waals surface area contributed by atoms with Crippen LogP contribution in [0.4, 0.5) is 0 Å². The van der Waals surface area contributed by atoms with E-state index in [9.17, 15) is 4.79 Å². The van der Waals surface area contributed by atoms with Gasteiger partial charge in [0.25, 0.3) is 0 Å². The van der Waals surface area contributed by atoms with Gasteiger partial charge in [-0.1, -0.05) is 12.1 Å². The van der Waals surface area contributed by atoms with Crippen molar-refractivity contribution >= 4 is 5.91 Å². The van der Waals surface area contributed by atoms with Gasteiger partial charge in [0, 0.05) is 26.6 Å². The summed E-state index contributed by atoms with van der Waals surface area (Å²) in [5, 5.41) is 0. The third kappa shape index (κ3) is 5.84. The standard InChI is InChI=1S/C18H27NO4/c1-21-13-14-23-17-9-11-19(12-10-17)18(20)8-5-15-3-6-16(22-2)7-4-15/h3-4,6-7,17H,5,8-14H2,1-2H3. The highest BCUT2D eigenvalue weighted by atomic mass is 16.5. The van der Waals surface area contributed by atoms with E-state index < -0.39 is 0 Å². The second-order valence-electron chi connectivity index (χ2n) is 5.79. The molecule has 0 radical (unpaired) electrons. The Balaban J connectivity index is 1.68. The molecule has 23 heavy (non-hydrogen) atoms. The number of carbonyl (C=O) groups is 1. The number of aryl methyl sites for hydroxylation is 1. The molecule has 1 heterocycles. The summed E-state index contributed by atoms with van der Waals surface area (Å²) in [4.78, 5) is 14.3. The summed E-state index contributed by atoms with van der Waals surface area (Å²) in [6.07, 6.45) is 3.42. The van der Waals surface area contributed by atoms with Gasteiger partial charge in [0.1, 0.15) is 5.75 Å². The molecule has 1 aliphatic rings. The van der Waals surface area contributed by atoms with E-state index in [1.165, 1.54) is 0 Å². The molecule has 2 rings (SSSR count). The lowest BCUT2D eigenvalue weighted by Crippen LogP contribution is -2.41. The van der Waals surface area contributed by atoms with Crippen LogP contribution in [0.1, 0.15) is 24.8 Å². The van der Waals surface area contributed by atoms with E-state index in [0.29, 0.717) is 19.6 Å². The van der Waals surface area contributed by atoms with Crippen molar-refractivity contribution in [3.8, 4) is 5.75 Å². The van der Waals surface area contributed by atoms with Crippen molar-refractivity contribution < 1.29 is 19.0 Å². The highest BCUT2D eigenvalue weighted by Crippen LogP contribution is 2.16. The van der Waals surface area contributed by atoms with E-state index in [1.54, 1.807) is 14.2 Å². The number of benzene rings is 1. The Hall–Kier alpha value is -1.59. The Labute approximate surface area is 138 Å². The summed E-state index contributed by atoms with van der Waals surface area (Å²) in [5.41, 5.74) is 1.16. The summed E-state index contributed by atoms with van der Waals surface area (Å²) >= 11 is 0. The molecule has 0 spiro atoms. The quantitative estimate of drug-likeness (QED) is 0.689. The summed E-state index contributed by atoms with van der Waals surface area (Å²) < 4.78 is 15.9. The summed E-state index contributed by atoms with van der Waals surface area (Å²) in [6.45, 7) is 2.84. The van der Waals surface area contributed by atoms with Crippen molar-refractivity contribution in [3.63, 3.8) is 0 Å². The first-order valence-electron chi connectivity index (χ1n) is 8.24. The molecule has 5 nitrogen and oxygen atoms in total. The van der Waals surface area contributed by atoms with E-state index in [1.807, 2.05) is 29.2 Å². The molecule has 1 saturated heterocycles. The molecule has 1 aromatic rings. The Morgan fingerprint density at radius 1 is 1.13 bits per heavy atom. The normalized spacial score (nSPS) is 15.7. The largest absolute Gasteiger partial charge is 0.497 e. The maximum atomic E-state index is 12.3. The van der Waals surface area contributed by atoms with E-state index in [-0.39, 0.29) is 12.0 Å². The van der Waals surface area contributed by atoms with E-state index in [2.05, 4.69) is 0 Å². The van der Waals surface area contributed by atoms with E-state index in [4.69, 9.17) is 14.2 Å². The van der Waals surface area contributed by atoms with Gasteiger partial charge >= 0.3 is 0 Å². The minimum absolute atomic E-state index is 0.233. The van der Waals surface area contributed by atoms with Crippen LogP contribution in [0.25, 0.3) is 0 Å². The van der Waals surface area contributed by atoms with Gasteiger partial charge in [-0.15, -0.1) is 0 Å². The van der Waals surface area contributed by atoms with Crippen molar-refractivity contribution in [1.82, 2.24) is 4.90 Å². The topological polar surface area (TPSA) is 48.0 Å². The van der Waals surface area contributed by atoms with Crippen LogP contribution in [0.5, 0.6) is 5.75 Å². The average molecular weight is 321 g/mol. The predicted octanol–water partition coefficient (Wildman–Crippen LogP) is 2.28. The van der Waals surface area contributed by atoms with Crippen LogP contribution in [0.3, 0.4) is 0 Å². The molecular formula is C18H27NO4. The number of carbonyl (C=O) groups excluding carboxylic acids is 1. The van der Waals surface area contributed by atoms with E-state index in [0.717, 1.165) is 43.7 Å². The molecule has 128 valence electrons. The molecule has 0 aromatic heterocycles. The summed E-state index contributed by atoms with van der Waals surface area (Å²) in [7, 11) is 3.33. The minimum atomic E-state index is 0.233. The first kappa shape index (κ1) is 17.8. The van der Waals surface area contributed by atoms with Gasteiger partial charge < -0.3 is 19.1 Å². The van der Waals surface area contributed by atoms with Crippen molar-refractivity contribution in [2.75, 3.05) is 40.5 Å². The number of likely N-dealkylation sites (tertiary alicyclic amines) is 1. The van der Waals surface area contributed by atoms with Crippen molar-refractivity contribution in [2.45, 2.75) is 31.8 Å². The monoisotopic (exact) mass is 321 g/mol. The van der Waals surface area contributed by atoms with Gasteiger partial charge in [0.05, 0.1) is 26.4 Å². The van der Waals surface area contributed by atoms with Crippen LogP contribution >= 0.6 is 0 Å². The fourth-order valence-corrected chi connectivity index (χ4v) is 2.77. The summed E-state index contributed by atoms with van der Waals surface area (Å²) in [6, 6.07) is 7.90. The molecule has 0 saturated carbocycles. The lowest BCUT2D eigenvalue weighted by Gasteiger charge is -2.32. The number of methoxy groups -OCH3 is 2. The molecule has 0 aliphatic carbocycles. The lowest BCUT2D eigenvalue weighted by molar-refractivity contribution is -0.134.